The van der Waals surface area contributed by atoms with Gasteiger partial charge in [-0.2, -0.15) is 0 Å². The van der Waals surface area contributed by atoms with Crippen LogP contribution < -0.4 is 0 Å². The SMILES string of the molecule is C=C[C@](C)(O)CC[C@H]1C(=C)CC[C@@H]2[C@]1(C)CCC[C@]2(C)O. The molecular formula is C19H32O2. The molecule has 0 heterocycles. The lowest BCUT2D eigenvalue weighted by Crippen LogP contribution is -2.54. The van der Waals surface area contributed by atoms with Crippen LogP contribution in [0.5, 0.6) is 0 Å². The highest BCUT2D eigenvalue weighted by Gasteiger charge is 2.53. The van der Waals surface area contributed by atoms with Gasteiger partial charge in [0.1, 0.15) is 0 Å². The fourth-order valence-corrected chi connectivity index (χ4v) is 4.99. The minimum atomic E-state index is -0.805. The molecule has 2 saturated carbocycles. The van der Waals surface area contributed by atoms with Crippen molar-refractivity contribution >= 4 is 0 Å². The van der Waals surface area contributed by atoms with E-state index in [-0.39, 0.29) is 5.41 Å². The first-order valence-electron chi connectivity index (χ1n) is 8.38. The molecule has 2 rings (SSSR count). The number of fused-ring (bicyclic) bond motifs is 1. The highest BCUT2D eigenvalue weighted by atomic mass is 16.3. The van der Waals surface area contributed by atoms with E-state index in [1.54, 1.807) is 6.08 Å². The van der Waals surface area contributed by atoms with Gasteiger partial charge in [0.15, 0.2) is 0 Å². The van der Waals surface area contributed by atoms with Crippen molar-refractivity contribution in [2.75, 3.05) is 0 Å². The molecule has 2 aliphatic carbocycles. The second-order valence-corrected chi connectivity index (χ2v) is 8.12. The standard InChI is InChI=1S/C19H32O2/c1-6-17(3,20)13-10-15-14(2)8-9-16-18(15,4)11-7-12-19(16,5)21/h6,15-16,20-21H,1-2,7-13H2,3-5H3/t15-,16+,17-,18+,19-/m0/s1. The van der Waals surface area contributed by atoms with E-state index < -0.39 is 11.2 Å². The summed E-state index contributed by atoms with van der Waals surface area (Å²) in [6, 6.07) is 0. The van der Waals surface area contributed by atoms with E-state index in [2.05, 4.69) is 20.1 Å². The Labute approximate surface area is 130 Å². The van der Waals surface area contributed by atoms with Crippen molar-refractivity contribution < 1.29 is 10.2 Å². The summed E-state index contributed by atoms with van der Waals surface area (Å²) in [7, 11) is 0. The van der Waals surface area contributed by atoms with Crippen LogP contribution in [0.3, 0.4) is 0 Å². The summed E-state index contributed by atoms with van der Waals surface area (Å²) in [5, 5.41) is 21.0. The van der Waals surface area contributed by atoms with Gasteiger partial charge in [-0.15, -0.1) is 6.58 Å². The molecule has 2 aliphatic rings. The Balaban J connectivity index is 2.21. The lowest BCUT2D eigenvalue weighted by Gasteiger charge is -2.57. The zero-order valence-electron chi connectivity index (χ0n) is 14.0. The first-order valence-corrected chi connectivity index (χ1v) is 8.38. The quantitative estimate of drug-likeness (QED) is 0.761. The zero-order valence-corrected chi connectivity index (χ0v) is 14.0. The van der Waals surface area contributed by atoms with Gasteiger partial charge >= 0.3 is 0 Å². The smallest absolute Gasteiger partial charge is 0.0797 e. The van der Waals surface area contributed by atoms with Gasteiger partial charge in [0.25, 0.3) is 0 Å². The van der Waals surface area contributed by atoms with Crippen molar-refractivity contribution in [2.24, 2.45) is 17.3 Å². The van der Waals surface area contributed by atoms with Crippen LogP contribution in [0, 0.1) is 17.3 Å². The molecule has 5 atom stereocenters. The van der Waals surface area contributed by atoms with Crippen LogP contribution in [0.25, 0.3) is 0 Å². The predicted molar refractivity (Wildman–Crippen MR) is 88.0 cm³/mol. The second kappa shape index (κ2) is 5.55. The van der Waals surface area contributed by atoms with E-state index in [1.165, 1.54) is 5.57 Å². The molecule has 2 N–H and O–H groups in total. The highest BCUT2D eigenvalue weighted by Crippen LogP contribution is 2.59. The van der Waals surface area contributed by atoms with Crippen molar-refractivity contribution in [3.05, 3.63) is 24.8 Å². The Hall–Kier alpha value is -0.600. The van der Waals surface area contributed by atoms with Crippen molar-refractivity contribution in [1.29, 1.82) is 0 Å². The van der Waals surface area contributed by atoms with E-state index in [1.807, 2.05) is 13.8 Å². The van der Waals surface area contributed by atoms with Crippen LogP contribution in [-0.2, 0) is 0 Å². The summed E-state index contributed by atoms with van der Waals surface area (Å²) in [4.78, 5) is 0. The van der Waals surface area contributed by atoms with Gasteiger partial charge in [0.05, 0.1) is 11.2 Å². The third kappa shape index (κ3) is 3.12. The number of hydrogen-bond acceptors (Lipinski definition) is 2. The fraction of sp³-hybridized carbons (Fsp3) is 0.789. The molecule has 2 fully saturated rings. The maximum Gasteiger partial charge on any atom is 0.0797 e. The molecular weight excluding hydrogens is 260 g/mol. The maximum absolute atomic E-state index is 10.8. The minimum absolute atomic E-state index is 0.119. The molecule has 0 aromatic rings. The summed E-state index contributed by atoms with van der Waals surface area (Å²) in [6.45, 7) is 14.2. The third-order valence-corrected chi connectivity index (χ3v) is 6.37. The van der Waals surface area contributed by atoms with Crippen molar-refractivity contribution in [3.8, 4) is 0 Å². The van der Waals surface area contributed by atoms with Crippen LogP contribution in [0.4, 0.5) is 0 Å². The molecule has 0 saturated heterocycles. The van der Waals surface area contributed by atoms with E-state index in [0.29, 0.717) is 18.3 Å². The fourth-order valence-electron chi connectivity index (χ4n) is 4.99. The van der Waals surface area contributed by atoms with Gasteiger partial charge in [0.2, 0.25) is 0 Å². The van der Waals surface area contributed by atoms with Crippen LogP contribution >= 0.6 is 0 Å². The maximum atomic E-state index is 10.8. The van der Waals surface area contributed by atoms with E-state index >= 15 is 0 Å². The molecule has 0 aliphatic heterocycles. The Kier molecular flexibility index (Phi) is 4.43. The largest absolute Gasteiger partial charge is 0.390 e. The van der Waals surface area contributed by atoms with Gasteiger partial charge in [-0.1, -0.05) is 31.6 Å². The van der Waals surface area contributed by atoms with E-state index in [9.17, 15) is 10.2 Å². The average molecular weight is 292 g/mol. The number of allylic oxidation sites excluding steroid dienone is 1. The molecule has 0 amide bonds. The second-order valence-electron chi connectivity index (χ2n) is 8.12. The first-order chi connectivity index (χ1) is 9.62. The normalized spacial score (nSPS) is 43.0. The summed E-state index contributed by atoms with van der Waals surface area (Å²) in [5.74, 6) is 0.748. The van der Waals surface area contributed by atoms with Crippen LogP contribution in [0.2, 0.25) is 0 Å². The van der Waals surface area contributed by atoms with Crippen molar-refractivity contribution in [2.45, 2.75) is 76.9 Å². The Bertz CT molecular complexity index is 421. The molecule has 0 unspecified atom stereocenters. The van der Waals surface area contributed by atoms with Gasteiger partial charge in [0, 0.05) is 0 Å². The van der Waals surface area contributed by atoms with E-state index in [4.69, 9.17) is 0 Å². The monoisotopic (exact) mass is 292 g/mol. The molecule has 0 aromatic heterocycles. The first kappa shape index (κ1) is 16.8. The van der Waals surface area contributed by atoms with Crippen LogP contribution in [0.15, 0.2) is 24.8 Å². The topological polar surface area (TPSA) is 40.5 Å². The lowest BCUT2D eigenvalue weighted by atomic mass is 9.49. The molecule has 2 heteroatoms. The Morgan fingerprint density at radius 1 is 1.38 bits per heavy atom. The van der Waals surface area contributed by atoms with E-state index in [0.717, 1.165) is 38.5 Å². The summed E-state index contributed by atoms with van der Waals surface area (Å²) >= 11 is 0. The van der Waals surface area contributed by atoms with Gasteiger partial charge in [-0.25, -0.2) is 0 Å². The average Bonchev–Trinajstić information content (AvgIpc) is 2.36. The molecule has 0 spiro atoms. The number of aliphatic hydroxyl groups is 2. The summed E-state index contributed by atoms with van der Waals surface area (Å²) in [6.07, 6.45) is 8.50. The summed E-state index contributed by atoms with van der Waals surface area (Å²) < 4.78 is 0. The molecule has 0 bridgehead atoms. The molecule has 0 aromatic carbocycles. The Morgan fingerprint density at radius 3 is 2.67 bits per heavy atom. The van der Waals surface area contributed by atoms with Gasteiger partial charge in [-0.3, -0.25) is 0 Å². The Morgan fingerprint density at radius 2 is 2.05 bits per heavy atom. The van der Waals surface area contributed by atoms with Gasteiger partial charge < -0.3 is 10.2 Å². The minimum Gasteiger partial charge on any atom is -0.390 e. The number of rotatable bonds is 4. The zero-order chi connectivity index (χ0) is 15.9. The van der Waals surface area contributed by atoms with Crippen LogP contribution in [-0.4, -0.2) is 21.4 Å². The predicted octanol–water partition coefficient (Wildman–Crippen LogP) is 4.23. The van der Waals surface area contributed by atoms with Crippen molar-refractivity contribution in [1.82, 2.24) is 0 Å². The molecule has 2 nitrogen and oxygen atoms in total. The molecule has 21 heavy (non-hydrogen) atoms. The highest BCUT2D eigenvalue weighted by molar-refractivity contribution is 5.17. The number of hydrogen-bond donors (Lipinski definition) is 2. The van der Waals surface area contributed by atoms with Crippen LogP contribution in [0.1, 0.15) is 65.7 Å². The molecule has 120 valence electrons. The molecule has 0 radical (unpaired) electrons. The van der Waals surface area contributed by atoms with Crippen molar-refractivity contribution in [3.63, 3.8) is 0 Å². The summed E-state index contributed by atoms with van der Waals surface area (Å²) in [5.41, 5.74) is 0.0773. The van der Waals surface area contributed by atoms with Gasteiger partial charge in [-0.05, 0) is 69.6 Å². The lowest BCUT2D eigenvalue weighted by molar-refractivity contribution is -0.127. The third-order valence-electron chi connectivity index (χ3n) is 6.37.